The highest BCUT2D eigenvalue weighted by molar-refractivity contribution is 6.30. The Hall–Kier alpha value is -3.78. The Morgan fingerprint density at radius 3 is 2.57 bits per heavy atom. The Morgan fingerprint density at radius 2 is 1.91 bits per heavy atom. The number of hydrogen-bond donors (Lipinski definition) is 0. The SMILES string of the molecule is COc1cc(C(=O)OCC(=O)N2N=C(c3ccc(Cl)cc3)CC2c2ccco2)ccc1OC(C)C. The topological polar surface area (TPSA) is 90.6 Å². The maximum Gasteiger partial charge on any atom is 0.338 e. The summed E-state index contributed by atoms with van der Waals surface area (Å²) in [6.07, 6.45) is 1.93. The lowest BCUT2D eigenvalue weighted by Crippen LogP contribution is -2.31. The fraction of sp³-hybridized carbons (Fsp3) is 0.269. The Kier molecular flexibility index (Phi) is 7.41. The fourth-order valence-electron chi connectivity index (χ4n) is 3.68. The molecular formula is C26H25ClN2O6. The van der Waals surface area contributed by atoms with E-state index < -0.39 is 24.5 Å². The van der Waals surface area contributed by atoms with Crippen LogP contribution in [-0.4, -0.2) is 42.4 Å². The molecule has 1 aromatic heterocycles. The van der Waals surface area contributed by atoms with Crippen molar-refractivity contribution in [3.63, 3.8) is 0 Å². The summed E-state index contributed by atoms with van der Waals surface area (Å²) in [6.45, 7) is 3.30. The summed E-state index contributed by atoms with van der Waals surface area (Å²) in [4.78, 5) is 25.7. The standard InChI is InChI=1S/C26H25ClN2O6/c1-16(2)35-23-11-8-18(13-24(23)32-3)26(31)34-15-25(30)29-21(22-5-4-12-33-22)14-20(28-29)17-6-9-19(27)10-7-17/h4-13,16,21H,14-15H2,1-3H3. The molecule has 0 aliphatic carbocycles. The molecule has 0 fully saturated rings. The molecule has 4 rings (SSSR count). The molecule has 0 spiro atoms. The van der Waals surface area contributed by atoms with Gasteiger partial charge in [0.2, 0.25) is 0 Å². The van der Waals surface area contributed by atoms with Crippen molar-refractivity contribution in [3.05, 3.63) is 82.8 Å². The number of nitrogens with zero attached hydrogens (tertiary/aromatic N) is 2. The van der Waals surface area contributed by atoms with Crippen molar-refractivity contribution in [2.75, 3.05) is 13.7 Å². The van der Waals surface area contributed by atoms with Gasteiger partial charge in [0.1, 0.15) is 11.8 Å². The number of esters is 1. The van der Waals surface area contributed by atoms with Gasteiger partial charge in [-0.3, -0.25) is 4.79 Å². The van der Waals surface area contributed by atoms with Gasteiger partial charge >= 0.3 is 5.97 Å². The zero-order valence-corrected chi connectivity index (χ0v) is 20.3. The Morgan fingerprint density at radius 1 is 1.14 bits per heavy atom. The molecule has 0 saturated carbocycles. The number of halogens is 1. The van der Waals surface area contributed by atoms with Gasteiger partial charge in [0.15, 0.2) is 18.1 Å². The molecule has 2 aromatic carbocycles. The first-order valence-corrected chi connectivity index (χ1v) is 11.4. The number of methoxy groups -OCH3 is 1. The van der Waals surface area contributed by atoms with Crippen molar-refractivity contribution in [3.8, 4) is 11.5 Å². The largest absolute Gasteiger partial charge is 0.493 e. The summed E-state index contributed by atoms with van der Waals surface area (Å²) in [5.74, 6) is 0.355. The molecule has 1 amide bonds. The van der Waals surface area contributed by atoms with Gasteiger partial charge in [-0.1, -0.05) is 23.7 Å². The van der Waals surface area contributed by atoms with Crippen LogP contribution in [-0.2, 0) is 9.53 Å². The minimum absolute atomic E-state index is 0.0554. The molecule has 1 aliphatic rings. The first-order valence-electron chi connectivity index (χ1n) is 11.1. The summed E-state index contributed by atoms with van der Waals surface area (Å²) in [6, 6.07) is 15.0. The van der Waals surface area contributed by atoms with Crippen molar-refractivity contribution in [2.24, 2.45) is 5.10 Å². The molecule has 3 aromatic rings. The summed E-state index contributed by atoms with van der Waals surface area (Å²) < 4.78 is 21.8. The monoisotopic (exact) mass is 496 g/mol. The number of benzene rings is 2. The van der Waals surface area contributed by atoms with Gasteiger partial charge in [-0.2, -0.15) is 5.10 Å². The zero-order chi connectivity index (χ0) is 24.9. The van der Waals surface area contributed by atoms with Crippen LogP contribution >= 0.6 is 11.6 Å². The maximum absolute atomic E-state index is 13.1. The zero-order valence-electron chi connectivity index (χ0n) is 19.6. The van der Waals surface area contributed by atoms with E-state index in [2.05, 4.69) is 5.10 Å². The van der Waals surface area contributed by atoms with E-state index in [0.717, 1.165) is 5.56 Å². The molecule has 182 valence electrons. The third kappa shape index (κ3) is 5.66. The summed E-state index contributed by atoms with van der Waals surface area (Å²) in [5, 5.41) is 6.42. The average Bonchev–Trinajstić information content (AvgIpc) is 3.53. The van der Waals surface area contributed by atoms with Crippen LogP contribution in [0.3, 0.4) is 0 Å². The number of hydrogen-bond acceptors (Lipinski definition) is 7. The highest BCUT2D eigenvalue weighted by Gasteiger charge is 2.35. The summed E-state index contributed by atoms with van der Waals surface area (Å²) in [7, 11) is 1.49. The lowest BCUT2D eigenvalue weighted by Gasteiger charge is -2.19. The van der Waals surface area contributed by atoms with Crippen LogP contribution in [0.2, 0.25) is 5.02 Å². The van der Waals surface area contributed by atoms with E-state index in [1.807, 2.05) is 26.0 Å². The molecule has 0 N–H and O–H groups in total. The molecule has 35 heavy (non-hydrogen) atoms. The highest BCUT2D eigenvalue weighted by Crippen LogP contribution is 2.33. The van der Waals surface area contributed by atoms with Crippen molar-refractivity contribution in [1.29, 1.82) is 0 Å². The smallest absolute Gasteiger partial charge is 0.338 e. The van der Waals surface area contributed by atoms with Crippen molar-refractivity contribution in [1.82, 2.24) is 5.01 Å². The molecule has 0 radical (unpaired) electrons. The molecule has 8 nitrogen and oxygen atoms in total. The first-order chi connectivity index (χ1) is 16.9. The first kappa shape index (κ1) is 24.3. The second-order valence-corrected chi connectivity index (χ2v) is 8.57. The number of hydrazone groups is 1. The minimum Gasteiger partial charge on any atom is -0.493 e. The Balaban J connectivity index is 1.48. The van der Waals surface area contributed by atoms with Gasteiger partial charge in [-0.15, -0.1) is 0 Å². The molecule has 1 aliphatic heterocycles. The van der Waals surface area contributed by atoms with Crippen LogP contribution in [0.15, 0.2) is 70.4 Å². The number of amides is 1. The van der Waals surface area contributed by atoms with Crippen LogP contribution in [0.1, 0.15) is 48.0 Å². The Bertz CT molecular complexity index is 1220. The van der Waals surface area contributed by atoms with Gasteiger partial charge in [-0.05, 0) is 61.9 Å². The van der Waals surface area contributed by atoms with E-state index in [9.17, 15) is 9.59 Å². The second-order valence-electron chi connectivity index (χ2n) is 8.14. The van der Waals surface area contributed by atoms with Crippen molar-refractivity contribution in [2.45, 2.75) is 32.4 Å². The van der Waals surface area contributed by atoms with Crippen LogP contribution in [0.4, 0.5) is 0 Å². The lowest BCUT2D eigenvalue weighted by atomic mass is 10.0. The van der Waals surface area contributed by atoms with Crippen molar-refractivity contribution < 1.29 is 28.2 Å². The van der Waals surface area contributed by atoms with Gasteiger partial charge in [0.25, 0.3) is 5.91 Å². The Labute approximate surface area is 208 Å². The van der Waals surface area contributed by atoms with Crippen LogP contribution in [0.5, 0.6) is 11.5 Å². The van der Waals surface area contributed by atoms with Gasteiger partial charge < -0.3 is 18.6 Å². The van der Waals surface area contributed by atoms with Gasteiger partial charge in [0.05, 0.1) is 30.8 Å². The molecular weight excluding hydrogens is 472 g/mol. The quantitative estimate of drug-likeness (QED) is 0.395. The van der Waals surface area contributed by atoms with E-state index in [-0.39, 0.29) is 11.7 Å². The number of carbonyl (C=O) groups is 2. The average molecular weight is 497 g/mol. The summed E-state index contributed by atoms with van der Waals surface area (Å²) >= 11 is 6.00. The third-order valence-corrected chi connectivity index (χ3v) is 5.56. The normalized spacial score (nSPS) is 15.2. The molecule has 1 unspecified atom stereocenters. The second kappa shape index (κ2) is 10.7. The summed E-state index contributed by atoms with van der Waals surface area (Å²) in [5.41, 5.74) is 1.78. The number of furan rings is 1. The highest BCUT2D eigenvalue weighted by atomic mass is 35.5. The molecule has 0 saturated heterocycles. The predicted molar refractivity (Wildman–Crippen MR) is 130 cm³/mol. The molecule has 9 heteroatoms. The van der Waals surface area contributed by atoms with Crippen LogP contribution in [0.25, 0.3) is 0 Å². The van der Waals surface area contributed by atoms with Crippen LogP contribution < -0.4 is 9.47 Å². The predicted octanol–water partition coefficient (Wildman–Crippen LogP) is 5.26. The van der Waals surface area contributed by atoms with E-state index in [0.29, 0.717) is 34.4 Å². The van der Waals surface area contributed by atoms with E-state index >= 15 is 0 Å². The van der Waals surface area contributed by atoms with E-state index in [1.54, 1.807) is 42.7 Å². The maximum atomic E-state index is 13.1. The minimum atomic E-state index is -0.664. The lowest BCUT2D eigenvalue weighted by molar-refractivity contribution is -0.136. The van der Waals surface area contributed by atoms with E-state index in [1.165, 1.54) is 18.2 Å². The molecule has 0 bridgehead atoms. The fourth-order valence-corrected chi connectivity index (χ4v) is 3.81. The molecule has 2 heterocycles. The van der Waals surface area contributed by atoms with Crippen LogP contribution in [0, 0.1) is 0 Å². The third-order valence-electron chi connectivity index (χ3n) is 5.30. The van der Waals surface area contributed by atoms with E-state index in [4.69, 9.17) is 30.2 Å². The number of rotatable bonds is 8. The number of ether oxygens (including phenoxy) is 3. The van der Waals surface area contributed by atoms with Crippen molar-refractivity contribution >= 4 is 29.2 Å². The van der Waals surface area contributed by atoms with Gasteiger partial charge in [-0.25, -0.2) is 9.80 Å². The number of carbonyl (C=O) groups excluding carboxylic acids is 2. The molecule has 1 atom stereocenters. The van der Waals surface area contributed by atoms with Gasteiger partial charge in [0, 0.05) is 11.4 Å².